The lowest BCUT2D eigenvalue weighted by atomic mass is 9.69. The normalized spacial score (nSPS) is 26.4. The first-order chi connectivity index (χ1) is 17.2. The third-order valence-electron chi connectivity index (χ3n) is 7.66. The zero-order chi connectivity index (χ0) is 24.3. The number of benzene rings is 3. The standard InChI is InChI=1S/C31H31NO3/c1-35-30(34)31-21-11-12-22-32(31)26(20-19-23-13-5-2-6-14-23)27(28(31)24-15-7-3-8-16-24)29(33)25-17-9-4-10-18-25/h2-10,13-20,26-28H,11-12,21-22H2,1H3/b20-19+/t26-,27-,28+,31+/m1/s1. The Hall–Kier alpha value is -3.50. The highest BCUT2D eigenvalue weighted by atomic mass is 16.5. The Morgan fingerprint density at radius 3 is 2.17 bits per heavy atom. The van der Waals surface area contributed by atoms with E-state index in [1.807, 2.05) is 66.7 Å². The maximum Gasteiger partial charge on any atom is 0.326 e. The van der Waals surface area contributed by atoms with Crippen LogP contribution >= 0.6 is 0 Å². The van der Waals surface area contributed by atoms with E-state index in [1.165, 1.54) is 7.11 Å². The second-order valence-electron chi connectivity index (χ2n) is 9.47. The molecule has 0 saturated carbocycles. The van der Waals surface area contributed by atoms with Crippen molar-refractivity contribution >= 4 is 17.8 Å². The minimum atomic E-state index is -0.880. The molecule has 5 rings (SSSR count). The molecule has 0 aliphatic carbocycles. The SMILES string of the molecule is COC(=O)[C@@]12CCCCN1[C@H](/C=C/c1ccccc1)[C@@H](C(=O)c1ccccc1)[C@@H]2c1ccccc1. The molecule has 3 aromatic carbocycles. The molecule has 3 aromatic rings. The molecule has 0 radical (unpaired) electrons. The van der Waals surface area contributed by atoms with E-state index in [-0.39, 0.29) is 23.7 Å². The average molecular weight is 466 g/mol. The smallest absolute Gasteiger partial charge is 0.326 e. The number of fused-ring (bicyclic) bond motifs is 1. The van der Waals surface area contributed by atoms with Gasteiger partial charge in [0, 0.05) is 17.5 Å². The van der Waals surface area contributed by atoms with Gasteiger partial charge in [-0.2, -0.15) is 0 Å². The van der Waals surface area contributed by atoms with E-state index in [4.69, 9.17) is 4.74 Å². The molecular weight excluding hydrogens is 434 g/mol. The quantitative estimate of drug-likeness (QED) is 0.343. The molecule has 4 nitrogen and oxygen atoms in total. The van der Waals surface area contributed by atoms with E-state index in [1.54, 1.807) is 0 Å². The highest BCUT2D eigenvalue weighted by molar-refractivity contribution is 6.01. The van der Waals surface area contributed by atoms with E-state index in [2.05, 4.69) is 41.3 Å². The van der Waals surface area contributed by atoms with Crippen LogP contribution in [0.3, 0.4) is 0 Å². The Labute approximate surface area is 207 Å². The minimum absolute atomic E-state index is 0.0693. The van der Waals surface area contributed by atoms with Crippen LogP contribution in [0.15, 0.2) is 97.1 Å². The van der Waals surface area contributed by atoms with Gasteiger partial charge in [-0.3, -0.25) is 14.5 Å². The Morgan fingerprint density at radius 1 is 0.886 bits per heavy atom. The molecule has 2 heterocycles. The molecule has 0 aromatic heterocycles. The van der Waals surface area contributed by atoms with Crippen molar-refractivity contribution in [2.45, 2.75) is 36.8 Å². The molecule has 0 bridgehead atoms. The van der Waals surface area contributed by atoms with E-state index >= 15 is 0 Å². The number of hydrogen-bond donors (Lipinski definition) is 0. The van der Waals surface area contributed by atoms with Gasteiger partial charge in [-0.25, -0.2) is 0 Å². The molecule has 2 aliphatic heterocycles. The Morgan fingerprint density at radius 2 is 1.51 bits per heavy atom. The monoisotopic (exact) mass is 465 g/mol. The molecule has 2 saturated heterocycles. The molecule has 0 amide bonds. The lowest BCUT2D eigenvalue weighted by Gasteiger charge is -2.44. The van der Waals surface area contributed by atoms with Crippen molar-refractivity contribution in [3.8, 4) is 0 Å². The fourth-order valence-corrected chi connectivity index (χ4v) is 6.22. The summed E-state index contributed by atoms with van der Waals surface area (Å²) in [5.41, 5.74) is 1.88. The first-order valence-electron chi connectivity index (χ1n) is 12.4. The van der Waals surface area contributed by atoms with Crippen molar-refractivity contribution in [3.05, 3.63) is 114 Å². The lowest BCUT2D eigenvalue weighted by molar-refractivity contribution is -0.157. The van der Waals surface area contributed by atoms with Gasteiger partial charge < -0.3 is 4.74 Å². The summed E-state index contributed by atoms with van der Waals surface area (Å²) in [5.74, 6) is -0.904. The fourth-order valence-electron chi connectivity index (χ4n) is 6.22. The first-order valence-corrected chi connectivity index (χ1v) is 12.4. The summed E-state index contributed by atoms with van der Waals surface area (Å²) >= 11 is 0. The van der Waals surface area contributed by atoms with Crippen LogP contribution in [0.5, 0.6) is 0 Å². The summed E-state index contributed by atoms with van der Waals surface area (Å²) in [6.45, 7) is 0.751. The van der Waals surface area contributed by atoms with Crippen molar-refractivity contribution in [1.29, 1.82) is 0 Å². The van der Waals surface area contributed by atoms with Crippen LogP contribution in [0.1, 0.15) is 46.7 Å². The summed E-state index contributed by atoms with van der Waals surface area (Å²) in [6, 6.07) is 29.4. The number of ether oxygens (including phenoxy) is 1. The molecule has 0 N–H and O–H groups in total. The van der Waals surface area contributed by atoms with Gasteiger partial charge in [0.2, 0.25) is 0 Å². The zero-order valence-electron chi connectivity index (χ0n) is 20.0. The number of rotatable bonds is 6. The second-order valence-corrected chi connectivity index (χ2v) is 9.47. The number of esters is 1. The molecule has 0 spiro atoms. The van der Waals surface area contributed by atoms with Crippen LogP contribution in [-0.4, -0.2) is 41.9 Å². The second kappa shape index (κ2) is 10.0. The number of Topliss-reactive ketones (excluding diaryl/α,β-unsaturated/α-hetero) is 1. The molecule has 0 unspecified atom stereocenters. The maximum atomic E-state index is 14.2. The van der Waals surface area contributed by atoms with Gasteiger partial charge in [0.25, 0.3) is 0 Å². The number of carbonyl (C=O) groups is 2. The average Bonchev–Trinajstić information content (AvgIpc) is 3.23. The highest BCUT2D eigenvalue weighted by Crippen LogP contribution is 2.55. The van der Waals surface area contributed by atoms with Crippen LogP contribution in [0, 0.1) is 5.92 Å². The number of ketones is 1. The van der Waals surface area contributed by atoms with Crippen molar-refractivity contribution in [2.24, 2.45) is 5.92 Å². The van der Waals surface area contributed by atoms with E-state index in [0.717, 1.165) is 30.5 Å². The summed E-state index contributed by atoms with van der Waals surface area (Å²) in [4.78, 5) is 30.2. The van der Waals surface area contributed by atoms with Crippen LogP contribution in [0.2, 0.25) is 0 Å². The highest BCUT2D eigenvalue weighted by Gasteiger charge is 2.65. The molecule has 4 atom stereocenters. The third-order valence-corrected chi connectivity index (χ3v) is 7.66. The summed E-state index contributed by atoms with van der Waals surface area (Å²) in [6.07, 6.45) is 6.80. The molecule has 2 fully saturated rings. The van der Waals surface area contributed by atoms with Crippen molar-refractivity contribution in [1.82, 2.24) is 4.90 Å². The van der Waals surface area contributed by atoms with Gasteiger partial charge >= 0.3 is 5.97 Å². The van der Waals surface area contributed by atoms with Gasteiger partial charge in [0.05, 0.1) is 13.0 Å². The van der Waals surface area contributed by atoms with Gasteiger partial charge in [-0.15, -0.1) is 0 Å². The van der Waals surface area contributed by atoms with Gasteiger partial charge in [0.15, 0.2) is 5.78 Å². The predicted octanol–water partition coefficient (Wildman–Crippen LogP) is 5.76. The fraction of sp³-hybridized carbons (Fsp3) is 0.290. The number of nitrogens with zero attached hydrogens (tertiary/aromatic N) is 1. The largest absolute Gasteiger partial charge is 0.468 e. The maximum absolute atomic E-state index is 14.2. The summed E-state index contributed by atoms with van der Waals surface area (Å²) < 4.78 is 5.48. The van der Waals surface area contributed by atoms with Crippen LogP contribution in [0.25, 0.3) is 6.08 Å². The van der Waals surface area contributed by atoms with Crippen molar-refractivity contribution in [3.63, 3.8) is 0 Å². The number of piperidine rings is 1. The summed E-state index contributed by atoms with van der Waals surface area (Å²) in [7, 11) is 1.47. The van der Waals surface area contributed by atoms with Gasteiger partial charge in [0.1, 0.15) is 5.54 Å². The Bertz CT molecular complexity index is 1190. The molecule has 35 heavy (non-hydrogen) atoms. The Kier molecular flexibility index (Phi) is 6.65. The molecular formula is C31H31NO3. The Balaban J connectivity index is 1.71. The van der Waals surface area contributed by atoms with Crippen molar-refractivity contribution in [2.75, 3.05) is 13.7 Å². The van der Waals surface area contributed by atoms with E-state index in [9.17, 15) is 9.59 Å². The van der Waals surface area contributed by atoms with E-state index < -0.39 is 11.5 Å². The zero-order valence-corrected chi connectivity index (χ0v) is 20.0. The topological polar surface area (TPSA) is 46.6 Å². The third kappa shape index (κ3) is 4.12. The number of carbonyl (C=O) groups excluding carboxylic acids is 2. The van der Waals surface area contributed by atoms with Crippen LogP contribution in [-0.2, 0) is 9.53 Å². The molecule has 4 heteroatoms. The summed E-state index contributed by atoms with van der Waals surface area (Å²) in [5, 5.41) is 0. The lowest BCUT2D eigenvalue weighted by Crippen LogP contribution is -2.58. The minimum Gasteiger partial charge on any atom is -0.468 e. The number of methoxy groups -OCH3 is 1. The predicted molar refractivity (Wildman–Crippen MR) is 138 cm³/mol. The van der Waals surface area contributed by atoms with Gasteiger partial charge in [-0.1, -0.05) is 103 Å². The molecule has 2 aliphatic rings. The first kappa shape index (κ1) is 23.3. The van der Waals surface area contributed by atoms with Crippen molar-refractivity contribution < 1.29 is 14.3 Å². The van der Waals surface area contributed by atoms with Gasteiger partial charge in [-0.05, 0) is 36.9 Å². The van der Waals surface area contributed by atoms with E-state index in [0.29, 0.717) is 12.0 Å². The van der Waals surface area contributed by atoms with Crippen LogP contribution in [0.4, 0.5) is 0 Å². The van der Waals surface area contributed by atoms with Crippen LogP contribution < -0.4 is 0 Å². The molecule has 178 valence electrons. The number of hydrogen-bond acceptors (Lipinski definition) is 4.